The molecule has 0 saturated carbocycles. The third-order valence-electron chi connectivity index (χ3n) is 2.66. The van der Waals surface area contributed by atoms with Gasteiger partial charge in [0.2, 0.25) is 0 Å². The van der Waals surface area contributed by atoms with Gasteiger partial charge in [0.15, 0.2) is 0 Å². The first-order valence-electron chi connectivity index (χ1n) is 5.78. The van der Waals surface area contributed by atoms with E-state index in [1.807, 2.05) is 31.2 Å². The Bertz CT molecular complexity index is 558. The highest BCUT2D eigenvalue weighted by Gasteiger charge is 2.09. The van der Waals surface area contributed by atoms with Crippen LogP contribution in [-0.2, 0) is 0 Å². The van der Waals surface area contributed by atoms with Crippen LogP contribution in [0, 0.1) is 6.92 Å². The number of amides is 1. The fourth-order valence-electron chi connectivity index (χ4n) is 1.67. The summed E-state index contributed by atoms with van der Waals surface area (Å²) in [5.41, 5.74) is 8.03. The molecule has 1 atom stereocenters. The van der Waals surface area contributed by atoms with Crippen molar-refractivity contribution in [2.45, 2.75) is 19.9 Å². The number of aryl methyl sites for hydroxylation is 1. The largest absolute Gasteiger partial charge is 0.469 e. The number of nitrogens with one attached hydrogen (secondary N) is 1. The van der Waals surface area contributed by atoms with E-state index in [9.17, 15) is 4.79 Å². The molecule has 1 amide bonds. The number of hydrogen-bond acceptors (Lipinski definition) is 3. The molecule has 1 aromatic heterocycles. The van der Waals surface area contributed by atoms with Gasteiger partial charge in [0.05, 0.1) is 5.56 Å². The van der Waals surface area contributed by atoms with Crippen LogP contribution < -0.4 is 11.1 Å². The predicted octanol–water partition coefficient (Wildman–Crippen LogP) is 2.86. The predicted molar refractivity (Wildman–Crippen MR) is 70.4 cm³/mol. The molecular formula is C14H16N2O2. The monoisotopic (exact) mass is 244 g/mol. The third-order valence-corrected chi connectivity index (χ3v) is 2.66. The SMILES string of the molecule is Cc1cc(C(=O)Nc2cccc(C(C)N)c2)co1. The molecule has 1 unspecified atom stereocenters. The lowest BCUT2D eigenvalue weighted by atomic mass is 10.1. The molecule has 0 radical (unpaired) electrons. The normalized spacial score (nSPS) is 12.2. The number of benzene rings is 1. The van der Waals surface area contributed by atoms with Crippen molar-refractivity contribution in [3.8, 4) is 0 Å². The molecule has 4 heteroatoms. The van der Waals surface area contributed by atoms with E-state index in [0.717, 1.165) is 11.3 Å². The van der Waals surface area contributed by atoms with Crippen molar-refractivity contribution in [1.29, 1.82) is 0 Å². The van der Waals surface area contributed by atoms with E-state index in [4.69, 9.17) is 10.2 Å². The van der Waals surface area contributed by atoms with Crippen LogP contribution in [0.3, 0.4) is 0 Å². The molecule has 0 aliphatic heterocycles. The molecular weight excluding hydrogens is 228 g/mol. The van der Waals surface area contributed by atoms with Crippen molar-refractivity contribution in [1.82, 2.24) is 0 Å². The Kier molecular flexibility index (Phi) is 3.48. The first kappa shape index (κ1) is 12.4. The van der Waals surface area contributed by atoms with Crippen LogP contribution in [0.5, 0.6) is 0 Å². The minimum atomic E-state index is -0.186. The van der Waals surface area contributed by atoms with Crippen LogP contribution in [0.4, 0.5) is 5.69 Å². The van der Waals surface area contributed by atoms with Crippen molar-refractivity contribution >= 4 is 11.6 Å². The molecule has 2 rings (SSSR count). The summed E-state index contributed by atoms with van der Waals surface area (Å²) >= 11 is 0. The van der Waals surface area contributed by atoms with E-state index >= 15 is 0 Å². The van der Waals surface area contributed by atoms with E-state index in [2.05, 4.69) is 5.32 Å². The molecule has 94 valence electrons. The molecule has 0 saturated heterocycles. The highest BCUT2D eigenvalue weighted by molar-refractivity contribution is 6.04. The van der Waals surface area contributed by atoms with Crippen molar-refractivity contribution in [2.24, 2.45) is 5.73 Å². The van der Waals surface area contributed by atoms with Gasteiger partial charge in [-0.25, -0.2) is 0 Å². The maximum atomic E-state index is 11.9. The van der Waals surface area contributed by atoms with Gasteiger partial charge >= 0.3 is 0 Å². The van der Waals surface area contributed by atoms with Crippen molar-refractivity contribution in [3.05, 3.63) is 53.5 Å². The second-order valence-corrected chi connectivity index (χ2v) is 4.31. The maximum absolute atomic E-state index is 11.9. The average Bonchev–Trinajstić information content (AvgIpc) is 2.76. The molecule has 1 aromatic carbocycles. The van der Waals surface area contributed by atoms with Crippen LogP contribution in [0.1, 0.15) is 34.6 Å². The first-order chi connectivity index (χ1) is 8.56. The van der Waals surface area contributed by atoms with Gasteiger partial charge in [0.25, 0.3) is 5.91 Å². The molecule has 1 heterocycles. The topological polar surface area (TPSA) is 68.3 Å². The number of rotatable bonds is 3. The second-order valence-electron chi connectivity index (χ2n) is 4.31. The van der Waals surface area contributed by atoms with Crippen LogP contribution in [0.2, 0.25) is 0 Å². The zero-order valence-electron chi connectivity index (χ0n) is 10.4. The highest BCUT2D eigenvalue weighted by Crippen LogP contribution is 2.17. The van der Waals surface area contributed by atoms with Gasteiger partial charge in [-0.05, 0) is 37.6 Å². The van der Waals surface area contributed by atoms with E-state index < -0.39 is 0 Å². The van der Waals surface area contributed by atoms with Crippen LogP contribution >= 0.6 is 0 Å². The Balaban J connectivity index is 2.14. The van der Waals surface area contributed by atoms with Gasteiger partial charge in [-0.3, -0.25) is 4.79 Å². The van der Waals surface area contributed by atoms with E-state index in [0.29, 0.717) is 11.3 Å². The van der Waals surface area contributed by atoms with E-state index in [1.54, 1.807) is 13.0 Å². The van der Waals surface area contributed by atoms with E-state index in [-0.39, 0.29) is 11.9 Å². The third kappa shape index (κ3) is 2.78. The van der Waals surface area contributed by atoms with Crippen molar-refractivity contribution < 1.29 is 9.21 Å². The van der Waals surface area contributed by atoms with Gasteiger partial charge in [-0.15, -0.1) is 0 Å². The van der Waals surface area contributed by atoms with Crippen LogP contribution in [-0.4, -0.2) is 5.91 Å². The fourth-order valence-corrected chi connectivity index (χ4v) is 1.67. The Morgan fingerprint density at radius 2 is 2.17 bits per heavy atom. The number of hydrogen-bond donors (Lipinski definition) is 2. The number of nitrogens with two attached hydrogens (primary N) is 1. The summed E-state index contributed by atoms with van der Waals surface area (Å²) in [5, 5.41) is 2.81. The van der Waals surface area contributed by atoms with Crippen molar-refractivity contribution in [2.75, 3.05) is 5.32 Å². The Hall–Kier alpha value is -2.07. The molecule has 2 aromatic rings. The number of anilines is 1. The second kappa shape index (κ2) is 5.06. The quantitative estimate of drug-likeness (QED) is 0.872. The summed E-state index contributed by atoms with van der Waals surface area (Å²) in [6, 6.07) is 9.15. The molecule has 4 nitrogen and oxygen atoms in total. The molecule has 18 heavy (non-hydrogen) atoms. The fraction of sp³-hybridized carbons (Fsp3) is 0.214. The van der Waals surface area contributed by atoms with E-state index in [1.165, 1.54) is 6.26 Å². The van der Waals surface area contributed by atoms with Gasteiger partial charge in [-0.2, -0.15) is 0 Å². The minimum Gasteiger partial charge on any atom is -0.469 e. The lowest BCUT2D eigenvalue weighted by molar-refractivity contribution is 0.102. The highest BCUT2D eigenvalue weighted by atomic mass is 16.3. The lowest BCUT2D eigenvalue weighted by Gasteiger charge is -2.08. The lowest BCUT2D eigenvalue weighted by Crippen LogP contribution is -2.12. The van der Waals surface area contributed by atoms with Gasteiger partial charge in [0, 0.05) is 11.7 Å². The van der Waals surface area contributed by atoms with Gasteiger partial charge < -0.3 is 15.5 Å². The summed E-state index contributed by atoms with van der Waals surface area (Å²) in [4.78, 5) is 11.9. The molecule has 0 bridgehead atoms. The molecule has 0 spiro atoms. The first-order valence-corrected chi connectivity index (χ1v) is 5.78. The standard InChI is InChI=1S/C14H16N2O2/c1-9-6-12(8-18-9)14(17)16-13-5-3-4-11(7-13)10(2)15/h3-8,10H,15H2,1-2H3,(H,16,17). The molecule has 0 fully saturated rings. The maximum Gasteiger partial charge on any atom is 0.258 e. The molecule has 0 aliphatic rings. The summed E-state index contributed by atoms with van der Waals surface area (Å²) in [6.45, 7) is 3.70. The van der Waals surface area contributed by atoms with Gasteiger partial charge in [-0.1, -0.05) is 12.1 Å². The van der Waals surface area contributed by atoms with Gasteiger partial charge in [0.1, 0.15) is 12.0 Å². The molecule has 3 N–H and O–H groups in total. The smallest absolute Gasteiger partial charge is 0.258 e. The number of carbonyl (C=O) groups excluding carboxylic acids is 1. The average molecular weight is 244 g/mol. The number of furan rings is 1. The minimum absolute atomic E-state index is 0.0574. The Morgan fingerprint density at radius 1 is 1.39 bits per heavy atom. The van der Waals surface area contributed by atoms with Crippen LogP contribution in [0.15, 0.2) is 41.0 Å². The molecule has 0 aliphatic carbocycles. The van der Waals surface area contributed by atoms with Crippen LogP contribution in [0.25, 0.3) is 0 Å². The Labute approximate surface area is 106 Å². The Morgan fingerprint density at radius 3 is 2.78 bits per heavy atom. The zero-order valence-corrected chi connectivity index (χ0v) is 10.4. The summed E-state index contributed by atoms with van der Waals surface area (Å²) < 4.78 is 5.10. The summed E-state index contributed by atoms with van der Waals surface area (Å²) in [7, 11) is 0. The summed E-state index contributed by atoms with van der Waals surface area (Å²) in [5.74, 6) is 0.526. The van der Waals surface area contributed by atoms with Crippen molar-refractivity contribution in [3.63, 3.8) is 0 Å². The number of carbonyl (C=O) groups is 1. The zero-order chi connectivity index (χ0) is 13.1. The summed E-state index contributed by atoms with van der Waals surface area (Å²) in [6.07, 6.45) is 1.44.